The van der Waals surface area contributed by atoms with Gasteiger partial charge in [-0.15, -0.1) is 11.3 Å². The van der Waals surface area contributed by atoms with Gasteiger partial charge in [-0.2, -0.15) is 5.26 Å². The second kappa shape index (κ2) is 3.48. The summed E-state index contributed by atoms with van der Waals surface area (Å²) in [7, 11) is 0. The van der Waals surface area contributed by atoms with Gasteiger partial charge in [0, 0.05) is 0 Å². The van der Waals surface area contributed by atoms with Gasteiger partial charge >= 0.3 is 0 Å². The van der Waals surface area contributed by atoms with Gasteiger partial charge in [0.05, 0.1) is 10.9 Å². The van der Waals surface area contributed by atoms with E-state index in [0.717, 1.165) is 0 Å². The van der Waals surface area contributed by atoms with Gasteiger partial charge in [-0.05, 0) is 19.1 Å². The fourth-order valence-electron chi connectivity index (χ4n) is 0.755. The van der Waals surface area contributed by atoms with E-state index in [2.05, 4.69) is 0 Å². The zero-order valence-electron chi connectivity index (χ0n) is 6.57. The Morgan fingerprint density at radius 1 is 1.75 bits per heavy atom. The minimum atomic E-state index is -0.491. The van der Waals surface area contributed by atoms with Crippen LogP contribution in [0.4, 0.5) is 0 Å². The fourth-order valence-corrected chi connectivity index (χ4v) is 1.60. The molecule has 12 heavy (non-hydrogen) atoms. The number of nitrogens with zero attached hydrogens (tertiary/aromatic N) is 1. The summed E-state index contributed by atoms with van der Waals surface area (Å²) in [6.07, 6.45) is 0. The zero-order chi connectivity index (χ0) is 9.14. The molecular formula is C8H8N2OS. The molecule has 0 aliphatic rings. The van der Waals surface area contributed by atoms with Crippen molar-refractivity contribution in [3.05, 3.63) is 21.9 Å². The topological polar surface area (TPSA) is 66.9 Å². The van der Waals surface area contributed by atoms with Crippen molar-refractivity contribution in [2.45, 2.75) is 13.0 Å². The van der Waals surface area contributed by atoms with Crippen molar-refractivity contribution in [1.29, 1.82) is 5.26 Å². The number of nitriles is 1. The Balaban J connectivity index is 2.91. The molecule has 0 amide bonds. The predicted molar refractivity (Wildman–Crippen MR) is 47.0 cm³/mol. The first-order valence-electron chi connectivity index (χ1n) is 3.45. The van der Waals surface area contributed by atoms with Crippen LogP contribution in [0, 0.1) is 11.3 Å². The maximum atomic E-state index is 11.2. The number of hydrogen-bond acceptors (Lipinski definition) is 4. The molecule has 1 atom stereocenters. The van der Waals surface area contributed by atoms with E-state index in [1.807, 2.05) is 6.07 Å². The Morgan fingerprint density at radius 2 is 2.42 bits per heavy atom. The molecule has 0 saturated heterocycles. The highest BCUT2D eigenvalue weighted by Gasteiger charge is 2.12. The number of thiophene rings is 1. The molecule has 0 bridgehead atoms. The highest BCUT2D eigenvalue weighted by Crippen LogP contribution is 2.16. The summed E-state index contributed by atoms with van der Waals surface area (Å²) in [6.45, 7) is 1.63. The lowest BCUT2D eigenvalue weighted by Crippen LogP contribution is -2.25. The number of nitrogens with two attached hydrogens (primary N) is 1. The van der Waals surface area contributed by atoms with Crippen molar-refractivity contribution in [3.8, 4) is 6.07 Å². The van der Waals surface area contributed by atoms with Gasteiger partial charge in [0.15, 0.2) is 5.78 Å². The van der Waals surface area contributed by atoms with Crippen LogP contribution in [0.15, 0.2) is 12.1 Å². The predicted octanol–water partition coefficient (Wildman–Crippen LogP) is 1.15. The summed E-state index contributed by atoms with van der Waals surface area (Å²) >= 11 is 1.18. The highest BCUT2D eigenvalue weighted by molar-refractivity contribution is 7.14. The number of hydrogen-bond donors (Lipinski definition) is 1. The molecule has 0 aromatic carbocycles. The van der Waals surface area contributed by atoms with Crippen molar-refractivity contribution in [1.82, 2.24) is 0 Å². The maximum absolute atomic E-state index is 11.2. The number of rotatable bonds is 2. The summed E-state index contributed by atoms with van der Waals surface area (Å²) in [5.74, 6) is -0.110. The molecule has 1 unspecified atom stereocenters. The lowest BCUT2D eigenvalue weighted by Gasteiger charge is -1.98. The van der Waals surface area contributed by atoms with E-state index in [-0.39, 0.29) is 5.78 Å². The average Bonchev–Trinajstić information content (AvgIpc) is 2.50. The van der Waals surface area contributed by atoms with Crippen LogP contribution < -0.4 is 5.73 Å². The Hall–Kier alpha value is -1.18. The number of carbonyl (C=O) groups is 1. The minimum absolute atomic E-state index is 0.110. The normalized spacial score (nSPS) is 12.1. The van der Waals surface area contributed by atoms with Gasteiger partial charge in [-0.3, -0.25) is 4.79 Å². The molecule has 1 aromatic rings. The Morgan fingerprint density at radius 3 is 2.83 bits per heavy atom. The zero-order valence-corrected chi connectivity index (χ0v) is 7.39. The molecule has 3 nitrogen and oxygen atoms in total. The summed E-state index contributed by atoms with van der Waals surface area (Å²) in [5, 5.41) is 8.49. The van der Waals surface area contributed by atoms with E-state index >= 15 is 0 Å². The van der Waals surface area contributed by atoms with Gasteiger partial charge in [-0.1, -0.05) is 0 Å². The highest BCUT2D eigenvalue weighted by atomic mass is 32.1. The van der Waals surface area contributed by atoms with E-state index in [1.54, 1.807) is 19.1 Å². The first-order valence-corrected chi connectivity index (χ1v) is 4.26. The quantitative estimate of drug-likeness (QED) is 0.694. The third kappa shape index (κ3) is 1.70. The van der Waals surface area contributed by atoms with Crippen molar-refractivity contribution >= 4 is 17.1 Å². The smallest absolute Gasteiger partial charge is 0.189 e. The van der Waals surface area contributed by atoms with Crippen molar-refractivity contribution < 1.29 is 4.79 Å². The van der Waals surface area contributed by atoms with E-state index in [9.17, 15) is 4.79 Å². The molecule has 0 fully saturated rings. The fraction of sp³-hybridized carbons (Fsp3) is 0.250. The number of Topliss-reactive ketones (excluding diaryl/α,β-unsaturated/α-hetero) is 1. The largest absolute Gasteiger partial charge is 0.321 e. The van der Waals surface area contributed by atoms with Crippen molar-refractivity contribution in [3.63, 3.8) is 0 Å². The Bertz CT molecular complexity index is 335. The Kier molecular flexibility index (Phi) is 2.58. The maximum Gasteiger partial charge on any atom is 0.189 e. The van der Waals surface area contributed by atoms with Crippen LogP contribution in [0.3, 0.4) is 0 Å². The van der Waals surface area contributed by atoms with Crippen LogP contribution in [0.1, 0.15) is 21.5 Å². The van der Waals surface area contributed by atoms with Crippen LogP contribution in [0.2, 0.25) is 0 Å². The van der Waals surface area contributed by atoms with E-state index < -0.39 is 6.04 Å². The minimum Gasteiger partial charge on any atom is -0.321 e. The molecule has 1 heterocycles. The third-order valence-corrected chi connectivity index (χ3v) is 2.38. The molecule has 1 aromatic heterocycles. The van der Waals surface area contributed by atoms with Crippen LogP contribution in [-0.4, -0.2) is 11.8 Å². The van der Waals surface area contributed by atoms with Gasteiger partial charge in [0.25, 0.3) is 0 Å². The van der Waals surface area contributed by atoms with Crippen molar-refractivity contribution in [2.75, 3.05) is 0 Å². The molecule has 2 N–H and O–H groups in total. The third-order valence-electron chi connectivity index (χ3n) is 1.37. The molecule has 0 radical (unpaired) electrons. The average molecular weight is 180 g/mol. The van der Waals surface area contributed by atoms with E-state index in [0.29, 0.717) is 9.75 Å². The summed E-state index contributed by atoms with van der Waals surface area (Å²) in [4.78, 5) is 12.3. The van der Waals surface area contributed by atoms with Gasteiger partial charge in [0.1, 0.15) is 10.9 Å². The first kappa shape index (κ1) is 8.91. The van der Waals surface area contributed by atoms with Gasteiger partial charge in [-0.25, -0.2) is 0 Å². The monoisotopic (exact) mass is 180 g/mol. The second-order valence-corrected chi connectivity index (χ2v) is 3.51. The lowest BCUT2D eigenvalue weighted by molar-refractivity contribution is 0.0972. The Labute approximate surface area is 74.4 Å². The first-order chi connectivity index (χ1) is 5.65. The molecule has 0 aliphatic carbocycles. The van der Waals surface area contributed by atoms with Crippen LogP contribution >= 0.6 is 11.3 Å². The lowest BCUT2D eigenvalue weighted by atomic mass is 10.2. The van der Waals surface area contributed by atoms with Crippen LogP contribution in [-0.2, 0) is 0 Å². The molecule has 1 rings (SSSR count). The SMILES string of the molecule is CC(N)C(=O)c1ccc(C#N)s1. The molecule has 0 spiro atoms. The van der Waals surface area contributed by atoms with E-state index in [4.69, 9.17) is 11.0 Å². The molecular weight excluding hydrogens is 172 g/mol. The van der Waals surface area contributed by atoms with Gasteiger partial charge < -0.3 is 5.73 Å². The molecule has 4 heteroatoms. The molecule has 0 saturated carbocycles. The standard InChI is InChI=1S/C8H8N2OS/c1-5(10)8(11)7-3-2-6(4-9)12-7/h2-3,5H,10H2,1H3. The molecule has 62 valence electrons. The summed E-state index contributed by atoms with van der Waals surface area (Å²) < 4.78 is 0. The van der Waals surface area contributed by atoms with E-state index in [1.165, 1.54) is 11.3 Å². The van der Waals surface area contributed by atoms with Gasteiger partial charge in [0.2, 0.25) is 0 Å². The summed E-state index contributed by atoms with van der Waals surface area (Å²) in [6, 6.07) is 4.74. The van der Waals surface area contributed by atoms with Crippen molar-refractivity contribution in [2.24, 2.45) is 5.73 Å². The number of carbonyl (C=O) groups excluding carboxylic acids is 1. The summed E-state index contributed by atoms with van der Waals surface area (Å²) in [5.41, 5.74) is 5.39. The van der Waals surface area contributed by atoms with Crippen LogP contribution in [0.5, 0.6) is 0 Å². The second-order valence-electron chi connectivity index (χ2n) is 2.43. The molecule has 0 aliphatic heterocycles. The number of ketones is 1. The van der Waals surface area contributed by atoms with Crippen LogP contribution in [0.25, 0.3) is 0 Å².